The molecule has 1 atom stereocenters. The van der Waals surface area contributed by atoms with Crippen LogP contribution >= 0.6 is 33.9 Å². The molecule has 4 aromatic rings. The van der Waals surface area contributed by atoms with E-state index in [1.807, 2.05) is 24.3 Å². The highest BCUT2D eigenvalue weighted by atomic mass is 127. The van der Waals surface area contributed by atoms with E-state index in [2.05, 4.69) is 34.5 Å². The maximum Gasteiger partial charge on any atom is 0.301 e. The van der Waals surface area contributed by atoms with Crippen LogP contribution < -0.4 is 9.64 Å². The number of hydrogen-bond acceptors (Lipinski definition) is 6. The molecule has 2 heterocycles. The maximum absolute atomic E-state index is 13.8. The van der Waals surface area contributed by atoms with Crippen molar-refractivity contribution in [3.8, 4) is 5.75 Å². The van der Waals surface area contributed by atoms with Gasteiger partial charge in [-0.05, 0) is 77.0 Å². The number of thiazole rings is 1. The zero-order valence-electron chi connectivity index (χ0n) is 19.8. The number of halogens is 2. The lowest BCUT2D eigenvalue weighted by Gasteiger charge is -2.23. The van der Waals surface area contributed by atoms with Crippen LogP contribution in [0.5, 0.6) is 5.75 Å². The average molecular weight is 628 g/mol. The molecule has 6 nitrogen and oxygen atoms in total. The Labute approximate surface area is 230 Å². The number of amides is 1. The summed E-state index contributed by atoms with van der Waals surface area (Å²) in [5, 5.41) is 11.6. The number of fused-ring (bicyclic) bond motifs is 1. The highest BCUT2D eigenvalue weighted by Crippen LogP contribution is 2.44. The van der Waals surface area contributed by atoms with Crippen LogP contribution in [0.15, 0.2) is 72.3 Å². The molecule has 0 radical (unpaired) electrons. The highest BCUT2D eigenvalue weighted by Gasteiger charge is 2.48. The number of aromatic nitrogens is 1. The largest absolute Gasteiger partial charge is 0.507 e. The number of rotatable bonds is 7. The van der Waals surface area contributed by atoms with Gasteiger partial charge in [-0.2, -0.15) is 0 Å². The van der Waals surface area contributed by atoms with Crippen LogP contribution in [0.3, 0.4) is 0 Å². The molecule has 1 amide bonds. The summed E-state index contributed by atoms with van der Waals surface area (Å²) in [6, 6.07) is 17.5. The molecule has 37 heavy (non-hydrogen) atoms. The van der Waals surface area contributed by atoms with E-state index in [0.29, 0.717) is 33.7 Å². The van der Waals surface area contributed by atoms with Crippen LogP contribution in [0, 0.1) is 9.39 Å². The summed E-state index contributed by atoms with van der Waals surface area (Å²) in [6.45, 7) is 2.60. The predicted octanol–water partition coefficient (Wildman–Crippen LogP) is 6.85. The second kappa shape index (κ2) is 10.6. The summed E-state index contributed by atoms with van der Waals surface area (Å²) < 4.78 is 21.1. The Morgan fingerprint density at radius 1 is 1.14 bits per heavy atom. The van der Waals surface area contributed by atoms with Gasteiger partial charge in [0, 0.05) is 9.13 Å². The second-order valence-corrected chi connectivity index (χ2v) is 10.8. The zero-order chi connectivity index (χ0) is 26.1. The first-order chi connectivity index (χ1) is 17.9. The summed E-state index contributed by atoms with van der Waals surface area (Å²) >= 11 is 3.29. The van der Waals surface area contributed by atoms with Crippen LogP contribution in [0.4, 0.5) is 9.52 Å². The quantitative estimate of drug-likeness (QED) is 0.0797. The van der Waals surface area contributed by atoms with Gasteiger partial charge in [0.15, 0.2) is 5.13 Å². The number of ether oxygens (including phenoxy) is 1. The van der Waals surface area contributed by atoms with Crippen molar-refractivity contribution in [3.63, 3.8) is 0 Å². The number of ketones is 1. The zero-order valence-corrected chi connectivity index (χ0v) is 22.8. The van der Waals surface area contributed by atoms with E-state index in [1.165, 1.54) is 23.1 Å². The third-order valence-corrected chi connectivity index (χ3v) is 7.79. The number of carbonyl (C=O) groups is 2. The van der Waals surface area contributed by atoms with E-state index < -0.39 is 23.5 Å². The van der Waals surface area contributed by atoms with Gasteiger partial charge in [0.05, 0.1) is 28.4 Å². The fourth-order valence-electron chi connectivity index (χ4n) is 4.20. The van der Waals surface area contributed by atoms with E-state index in [0.717, 1.165) is 27.7 Å². The molecule has 0 aliphatic carbocycles. The third-order valence-electron chi connectivity index (χ3n) is 6.05. The smallest absolute Gasteiger partial charge is 0.301 e. The van der Waals surface area contributed by atoms with Crippen molar-refractivity contribution in [3.05, 3.63) is 92.8 Å². The van der Waals surface area contributed by atoms with Crippen LogP contribution in [-0.2, 0) is 9.59 Å². The highest BCUT2D eigenvalue weighted by molar-refractivity contribution is 14.1. The molecule has 1 unspecified atom stereocenters. The number of anilines is 1. The minimum absolute atomic E-state index is 0.0395. The molecule has 1 aliphatic heterocycles. The lowest BCUT2D eigenvalue weighted by molar-refractivity contribution is -0.132. The van der Waals surface area contributed by atoms with E-state index in [-0.39, 0.29) is 16.5 Å². The molecular formula is C28H22FIN2O4S. The number of aliphatic hydroxyl groups is 1. The van der Waals surface area contributed by atoms with Crippen LogP contribution in [0.1, 0.15) is 36.9 Å². The van der Waals surface area contributed by atoms with Gasteiger partial charge in [-0.3, -0.25) is 14.5 Å². The topological polar surface area (TPSA) is 79.7 Å². The van der Waals surface area contributed by atoms with Crippen LogP contribution in [0.25, 0.3) is 16.0 Å². The lowest BCUT2D eigenvalue weighted by Crippen LogP contribution is -2.29. The van der Waals surface area contributed by atoms with Crippen LogP contribution in [-0.4, -0.2) is 28.4 Å². The standard InChI is InChI=1S/C28H22FIN2O4S/c1-2-3-13-36-20-6-4-5-17(14-20)25(33)23-24(16-7-10-19(30)11-8-16)32(27(35)26(23)34)28-31-21-12-9-18(29)15-22(21)37-28/h4-12,14-15,24,33H,2-3,13H2,1H3/b25-23+. The molecule has 0 spiro atoms. The van der Waals surface area contributed by atoms with Gasteiger partial charge in [0.25, 0.3) is 5.78 Å². The van der Waals surface area contributed by atoms with Gasteiger partial charge in [0.1, 0.15) is 17.3 Å². The summed E-state index contributed by atoms with van der Waals surface area (Å²) in [7, 11) is 0. The number of hydrogen-bond donors (Lipinski definition) is 1. The number of carbonyl (C=O) groups excluding carboxylic acids is 2. The minimum Gasteiger partial charge on any atom is -0.507 e. The second-order valence-electron chi connectivity index (χ2n) is 8.56. The fraction of sp³-hybridized carbons (Fsp3) is 0.179. The monoisotopic (exact) mass is 628 g/mol. The molecule has 1 aliphatic rings. The first-order valence-electron chi connectivity index (χ1n) is 11.7. The first-order valence-corrected chi connectivity index (χ1v) is 13.6. The molecule has 1 saturated heterocycles. The van der Waals surface area contributed by atoms with Gasteiger partial charge in [-0.15, -0.1) is 0 Å². The summed E-state index contributed by atoms with van der Waals surface area (Å²) in [5.41, 5.74) is 1.49. The number of nitrogens with zero attached hydrogens (tertiary/aromatic N) is 2. The summed E-state index contributed by atoms with van der Waals surface area (Å²) in [4.78, 5) is 32.6. The molecule has 1 fully saturated rings. The Hall–Kier alpha value is -3.31. The third kappa shape index (κ3) is 4.97. The molecule has 9 heteroatoms. The van der Waals surface area contributed by atoms with Gasteiger partial charge >= 0.3 is 5.91 Å². The molecule has 188 valence electrons. The Kier molecular flexibility index (Phi) is 7.25. The van der Waals surface area contributed by atoms with Gasteiger partial charge in [0.2, 0.25) is 0 Å². The molecule has 3 aromatic carbocycles. The molecule has 5 rings (SSSR count). The molecule has 0 bridgehead atoms. The van der Waals surface area contributed by atoms with Crippen molar-refractivity contribution < 1.29 is 23.8 Å². The predicted molar refractivity (Wildman–Crippen MR) is 150 cm³/mol. The molecule has 0 saturated carbocycles. The van der Waals surface area contributed by atoms with Crippen LogP contribution in [0.2, 0.25) is 0 Å². The van der Waals surface area contributed by atoms with Gasteiger partial charge < -0.3 is 9.84 Å². The Morgan fingerprint density at radius 2 is 1.92 bits per heavy atom. The number of benzene rings is 3. The normalized spacial score (nSPS) is 17.1. The van der Waals surface area contributed by atoms with Crippen molar-refractivity contribution in [1.29, 1.82) is 0 Å². The SMILES string of the molecule is CCCCOc1cccc(/C(O)=C2\C(=O)C(=O)N(c3nc4ccc(F)cc4s3)C2c2ccc(I)cc2)c1. The van der Waals surface area contributed by atoms with E-state index in [9.17, 15) is 19.1 Å². The molecular weight excluding hydrogens is 606 g/mol. The lowest BCUT2D eigenvalue weighted by atomic mass is 9.95. The van der Waals surface area contributed by atoms with Gasteiger partial charge in [-0.1, -0.05) is 48.9 Å². The summed E-state index contributed by atoms with van der Waals surface area (Å²) in [5.74, 6) is -1.77. The fourth-order valence-corrected chi connectivity index (χ4v) is 5.58. The average Bonchev–Trinajstić information content (AvgIpc) is 3.42. The Balaban J connectivity index is 1.64. The van der Waals surface area contributed by atoms with Crippen molar-refractivity contribution >= 4 is 66.7 Å². The number of Topliss-reactive ketones (excluding diaryl/α,β-unsaturated/α-hetero) is 1. The Bertz CT molecular complexity index is 1530. The van der Waals surface area contributed by atoms with E-state index in [1.54, 1.807) is 24.3 Å². The molecule has 1 aromatic heterocycles. The Morgan fingerprint density at radius 3 is 2.68 bits per heavy atom. The van der Waals surface area contributed by atoms with E-state index >= 15 is 0 Å². The minimum atomic E-state index is -0.910. The van der Waals surface area contributed by atoms with Gasteiger partial charge in [-0.25, -0.2) is 9.37 Å². The van der Waals surface area contributed by atoms with Crippen molar-refractivity contribution in [1.82, 2.24) is 4.98 Å². The maximum atomic E-state index is 13.8. The number of aliphatic hydroxyl groups excluding tert-OH is 1. The molecule has 1 N–H and O–H groups in total. The summed E-state index contributed by atoms with van der Waals surface area (Å²) in [6.07, 6.45) is 1.87. The van der Waals surface area contributed by atoms with E-state index in [4.69, 9.17) is 4.74 Å². The van der Waals surface area contributed by atoms with Crippen molar-refractivity contribution in [2.75, 3.05) is 11.5 Å². The van der Waals surface area contributed by atoms with Crippen molar-refractivity contribution in [2.24, 2.45) is 0 Å². The number of unbranched alkanes of at least 4 members (excludes halogenated alkanes) is 1. The first kappa shape index (κ1) is 25.3. The van der Waals surface area contributed by atoms with Crippen molar-refractivity contribution in [2.45, 2.75) is 25.8 Å².